The molecule has 1 aliphatic rings. The van der Waals surface area contributed by atoms with E-state index >= 15 is 0 Å². The van der Waals surface area contributed by atoms with Crippen molar-refractivity contribution in [2.45, 2.75) is 31.0 Å². The lowest BCUT2D eigenvalue weighted by atomic mass is 10.3. The van der Waals surface area contributed by atoms with E-state index in [0.29, 0.717) is 22.1 Å². The minimum absolute atomic E-state index is 0.323. The van der Waals surface area contributed by atoms with E-state index in [2.05, 4.69) is 15.3 Å². The molecule has 0 spiro atoms. The molecule has 16 heavy (non-hydrogen) atoms. The summed E-state index contributed by atoms with van der Waals surface area (Å²) in [5, 5.41) is 4.01. The van der Waals surface area contributed by atoms with E-state index in [1.165, 1.54) is 0 Å². The maximum atomic E-state index is 12.0. The first-order valence-corrected chi connectivity index (χ1v) is 6.98. The number of nitrogens with one attached hydrogen (secondary N) is 1. The molecular weight excluding hydrogens is 246 g/mol. The molecule has 1 N–H and O–H groups in total. The highest BCUT2D eigenvalue weighted by atomic mass is 35.5. The zero-order chi connectivity index (χ0) is 11.5. The quantitative estimate of drug-likeness (QED) is 0.657. The van der Waals surface area contributed by atoms with Crippen molar-refractivity contribution in [1.29, 1.82) is 0 Å². The van der Waals surface area contributed by atoms with Gasteiger partial charge >= 0.3 is 0 Å². The molecule has 0 saturated carbocycles. The SMILES string of the molecule is Cc1cc(Cl)nc([S@](=O)C[C@H]2CCCN2)n1. The van der Waals surface area contributed by atoms with Crippen molar-refractivity contribution in [3.8, 4) is 0 Å². The van der Waals surface area contributed by atoms with Crippen molar-refractivity contribution in [3.05, 3.63) is 16.9 Å². The van der Waals surface area contributed by atoms with Crippen LogP contribution in [0.4, 0.5) is 0 Å². The molecule has 6 heteroatoms. The smallest absolute Gasteiger partial charge is 0.220 e. The van der Waals surface area contributed by atoms with Crippen LogP contribution in [0.5, 0.6) is 0 Å². The molecule has 0 radical (unpaired) electrons. The number of hydrogen-bond donors (Lipinski definition) is 1. The van der Waals surface area contributed by atoms with Gasteiger partial charge in [-0.05, 0) is 32.4 Å². The molecule has 0 amide bonds. The second-order valence-electron chi connectivity index (χ2n) is 3.92. The number of aromatic nitrogens is 2. The number of nitrogens with zero attached hydrogens (tertiary/aromatic N) is 2. The van der Waals surface area contributed by atoms with Gasteiger partial charge in [-0.15, -0.1) is 0 Å². The van der Waals surface area contributed by atoms with Crippen LogP contribution < -0.4 is 5.32 Å². The first kappa shape index (κ1) is 12.0. The van der Waals surface area contributed by atoms with Crippen LogP contribution in [0.25, 0.3) is 0 Å². The Morgan fingerprint density at radius 3 is 3.06 bits per heavy atom. The van der Waals surface area contributed by atoms with E-state index in [0.717, 1.165) is 25.1 Å². The number of hydrogen-bond acceptors (Lipinski definition) is 4. The second kappa shape index (κ2) is 5.21. The molecule has 4 nitrogen and oxygen atoms in total. The Kier molecular flexibility index (Phi) is 3.89. The van der Waals surface area contributed by atoms with Crippen LogP contribution in [-0.4, -0.2) is 32.5 Å². The second-order valence-corrected chi connectivity index (χ2v) is 5.70. The van der Waals surface area contributed by atoms with Crippen molar-refractivity contribution in [2.24, 2.45) is 0 Å². The van der Waals surface area contributed by atoms with Gasteiger partial charge in [0.05, 0.1) is 10.8 Å². The number of aryl methyl sites for hydroxylation is 1. The average Bonchev–Trinajstić information content (AvgIpc) is 2.68. The Bertz CT molecular complexity index is 387. The van der Waals surface area contributed by atoms with Crippen LogP contribution >= 0.6 is 11.6 Å². The highest BCUT2D eigenvalue weighted by Crippen LogP contribution is 2.12. The maximum Gasteiger partial charge on any atom is 0.220 e. The van der Waals surface area contributed by atoms with E-state index in [1.54, 1.807) is 6.07 Å². The topological polar surface area (TPSA) is 54.9 Å². The lowest BCUT2D eigenvalue weighted by molar-refractivity contribution is 0.637. The summed E-state index contributed by atoms with van der Waals surface area (Å²) >= 11 is 5.81. The van der Waals surface area contributed by atoms with Gasteiger partial charge in [-0.2, -0.15) is 0 Å². The molecule has 0 aliphatic carbocycles. The van der Waals surface area contributed by atoms with Gasteiger partial charge in [-0.25, -0.2) is 9.97 Å². The zero-order valence-corrected chi connectivity index (χ0v) is 10.6. The maximum absolute atomic E-state index is 12.0. The largest absolute Gasteiger partial charge is 0.313 e. The van der Waals surface area contributed by atoms with Crippen LogP contribution in [-0.2, 0) is 10.8 Å². The van der Waals surface area contributed by atoms with Crippen LogP contribution in [0.2, 0.25) is 5.15 Å². The summed E-state index contributed by atoms with van der Waals surface area (Å²) in [6.45, 7) is 2.83. The molecular formula is C10H14ClN3OS. The summed E-state index contributed by atoms with van der Waals surface area (Å²) in [5.74, 6) is 0.569. The van der Waals surface area contributed by atoms with Gasteiger partial charge in [-0.1, -0.05) is 11.6 Å². The van der Waals surface area contributed by atoms with Crippen molar-refractivity contribution < 1.29 is 4.21 Å². The average molecular weight is 260 g/mol. The molecule has 2 rings (SSSR count). The Balaban J connectivity index is 2.07. The molecule has 0 aromatic carbocycles. The molecule has 1 fully saturated rings. The van der Waals surface area contributed by atoms with Crippen molar-refractivity contribution in [1.82, 2.24) is 15.3 Å². The third-order valence-corrected chi connectivity index (χ3v) is 4.01. The number of rotatable bonds is 3. The third kappa shape index (κ3) is 2.99. The van der Waals surface area contributed by atoms with Gasteiger partial charge in [0.1, 0.15) is 5.15 Å². The summed E-state index contributed by atoms with van der Waals surface area (Å²) in [5.41, 5.74) is 0.753. The third-order valence-electron chi connectivity index (χ3n) is 2.52. The van der Waals surface area contributed by atoms with E-state index in [1.807, 2.05) is 6.92 Å². The molecule has 1 aromatic rings. The predicted octanol–water partition coefficient (Wildman–Crippen LogP) is 1.30. The van der Waals surface area contributed by atoms with Crippen molar-refractivity contribution in [3.63, 3.8) is 0 Å². The minimum Gasteiger partial charge on any atom is -0.313 e. The molecule has 2 atom stereocenters. The van der Waals surface area contributed by atoms with Crippen molar-refractivity contribution >= 4 is 22.4 Å². The van der Waals surface area contributed by atoms with Gasteiger partial charge in [0, 0.05) is 17.5 Å². The highest BCUT2D eigenvalue weighted by molar-refractivity contribution is 7.84. The molecule has 88 valence electrons. The highest BCUT2D eigenvalue weighted by Gasteiger charge is 2.19. The van der Waals surface area contributed by atoms with E-state index in [-0.39, 0.29) is 0 Å². The van der Waals surface area contributed by atoms with Gasteiger partial charge in [0.15, 0.2) is 0 Å². The molecule has 1 saturated heterocycles. The Morgan fingerprint density at radius 2 is 2.44 bits per heavy atom. The Hall–Kier alpha value is -0.520. The minimum atomic E-state index is -1.16. The monoisotopic (exact) mass is 259 g/mol. The van der Waals surface area contributed by atoms with E-state index in [9.17, 15) is 4.21 Å². The molecule has 2 heterocycles. The summed E-state index contributed by atoms with van der Waals surface area (Å²) in [6, 6.07) is 1.99. The van der Waals surface area contributed by atoms with Crippen LogP contribution in [0.3, 0.4) is 0 Å². The van der Waals surface area contributed by atoms with Crippen LogP contribution in [0.1, 0.15) is 18.5 Å². The summed E-state index contributed by atoms with van der Waals surface area (Å²) in [6.07, 6.45) is 2.22. The fourth-order valence-electron chi connectivity index (χ4n) is 1.76. The van der Waals surface area contributed by atoms with Crippen molar-refractivity contribution in [2.75, 3.05) is 12.3 Å². The zero-order valence-electron chi connectivity index (χ0n) is 9.07. The normalized spacial score (nSPS) is 22.2. The summed E-state index contributed by atoms with van der Waals surface area (Å²) in [7, 11) is -1.16. The predicted molar refractivity (Wildman–Crippen MR) is 64.1 cm³/mol. The fraction of sp³-hybridized carbons (Fsp3) is 0.600. The Morgan fingerprint density at radius 1 is 1.62 bits per heavy atom. The van der Waals surface area contributed by atoms with E-state index in [4.69, 9.17) is 11.6 Å². The molecule has 0 unspecified atom stereocenters. The fourth-order valence-corrected chi connectivity index (χ4v) is 3.30. The van der Waals surface area contributed by atoms with E-state index < -0.39 is 10.8 Å². The Labute approximate surface area is 102 Å². The van der Waals surface area contributed by atoms with Crippen LogP contribution in [0, 0.1) is 6.92 Å². The first-order chi connectivity index (χ1) is 7.65. The lowest BCUT2D eigenvalue weighted by Crippen LogP contribution is -2.28. The van der Waals surface area contributed by atoms with Gasteiger partial charge in [0.2, 0.25) is 5.16 Å². The molecule has 1 aliphatic heterocycles. The first-order valence-electron chi connectivity index (χ1n) is 5.28. The summed E-state index contributed by atoms with van der Waals surface area (Å²) < 4.78 is 12.0. The standard InChI is InChI=1S/C10H14ClN3OS/c1-7-5-9(11)14-10(13-7)16(15)6-8-3-2-4-12-8/h5,8,12H,2-4,6H2,1H3/t8-,16-/m1/s1. The molecule has 1 aromatic heterocycles. The summed E-state index contributed by atoms with van der Waals surface area (Å²) in [4.78, 5) is 8.15. The van der Waals surface area contributed by atoms with Crippen LogP contribution in [0.15, 0.2) is 11.2 Å². The van der Waals surface area contributed by atoms with Gasteiger partial charge in [-0.3, -0.25) is 4.21 Å². The van der Waals surface area contributed by atoms with Gasteiger partial charge < -0.3 is 5.32 Å². The lowest BCUT2D eigenvalue weighted by Gasteiger charge is -2.08. The van der Waals surface area contributed by atoms with Gasteiger partial charge in [0.25, 0.3) is 0 Å². The number of halogens is 1. The molecule has 0 bridgehead atoms.